The number of nitrogens with one attached hydrogen (secondary N) is 1. The smallest absolute Gasteiger partial charge is 0.232 e. The quantitative estimate of drug-likeness (QED) is 0.421. The van der Waals surface area contributed by atoms with Crippen LogP contribution in [0.15, 0.2) is 23.1 Å². The van der Waals surface area contributed by atoms with Crippen LogP contribution in [0.3, 0.4) is 0 Å². The zero-order chi connectivity index (χ0) is 12.8. The number of rotatable bonds is 6. The van der Waals surface area contributed by atoms with E-state index >= 15 is 0 Å². The molecular weight excluding hydrogens is 218 g/mol. The summed E-state index contributed by atoms with van der Waals surface area (Å²) in [5.74, 6) is -1.31. The molecule has 0 bridgehead atoms. The molecule has 0 aliphatic heterocycles. The van der Waals surface area contributed by atoms with Gasteiger partial charge in [0.1, 0.15) is 5.76 Å². The molecule has 0 saturated carbocycles. The van der Waals surface area contributed by atoms with E-state index in [-0.39, 0.29) is 11.3 Å². The molecule has 17 heavy (non-hydrogen) atoms. The molecule has 1 rings (SSSR count). The normalized spacial score (nSPS) is 16.2. The Morgan fingerprint density at radius 3 is 2.59 bits per heavy atom. The lowest BCUT2D eigenvalue weighted by Gasteiger charge is -2.15. The maximum Gasteiger partial charge on any atom is 0.232 e. The van der Waals surface area contributed by atoms with Gasteiger partial charge in [0, 0.05) is 18.2 Å². The van der Waals surface area contributed by atoms with Crippen molar-refractivity contribution in [2.75, 3.05) is 6.54 Å². The van der Waals surface area contributed by atoms with Gasteiger partial charge in [-0.05, 0) is 13.3 Å². The van der Waals surface area contributed by atoms with E-state index in [1.807, 2.05) is 0 Å². The van der Waals surface area contributed by atoms with Gasteiger partial charge >= 0.3 is 0 Å². The van der Waals surface area contributed by atoms with Gasteiger partial charge in [0.25, 0.3) is 0 Å². The lowest BCUT2D eigenvalue weighted by Crippen LogP contribution is -2.26. The number of aliphatic hydroxyl groups excluding tert-OH is 1. The Bertz CT molecular complexity index is 380. The van der Waals surface area contributed by atoms with E-state index < -0.39 is 11.6 Å². The molecule has 0 aromatic rings. The van der Waals surface area contributed by atoms with E-state index in [1.165, 1.54) is 25.8 Å². The second-order valence-corrected chi connectivity index (χ2v) is 4.21. The molecule has 4 heteroatoms. The molecule has 4 nitrogen and oxygen atoms in total. The van der Waals surface area contributed by atoms with Crippen molar-refractivity contribution in [2.45, 2.75) is 39.5 Å². The molecule has 0 heterocycles. The number of allylic oxidation sites excluding steroid dienone is 2. The maximum absolute atomic E-state index is 11.3. The molecule has 1 aliphatic carbocycles. The first-order valence-corrected chi connectivity index (χ1v) is 6.02. The van der Waals surface area contributed by atoms with Gasteiger partial charge in [-0.15, -0.1) is 0 Å². The van der Waals surface area contributed by atoms with Gasteiger partial charge in [-0.1, -0.05) is 26.2 Å². The van der Waals surface area contributed by atoms with E-state index in [9.17, 15) is 14.7 Å². The predicted octanol–water partition coefficient (Wildman–Crippen LogP) is 2.02. The molecule has 0 amide bonds. The van der Waals surface area contributed by atoms with Crippen molar-refractivity contribution in [3.05, 3.63) is 23.1 Å². The van der Waals surface area contributed by atoms with Crippen molar-refractivity contribution in [3.8, 4) is 0 Å². The van der Waals surface area contributed by atoms with Crippen molar-refractivity contribution < 1.29 is 14.7 Å². The standard InChI is InChI=1S/C13H19NO3/c1-3-4-5-6-7-14-10-8-11(15)13(17)9(2)12(10)16/h8,14,16H,3-7H2,1-2H3. The van der Waals surface area contributed by atoms with Crippen LogP contribution >= 0.6 is 0 Å². The Labute approximate surface area is 101 Å². The van der Waals surface area contributed by atoms with Crippen LogP contribution in [-0.2, 0) is 9.59 Å². The van der Waals surface area contributed by atoms with Crippen LogP contribution in [0.5, 0.6) is 0 Å². The summed E-state index contributed by atoms with van der Waals surface area (Å²) in [6, 6.07) is 0. The molecule has 2 N–H and O–H groups in total. The number of ketones is 2. The monoisotopic (exact) mass is 237 g/mol. The highest BCUT2D eigenvalue weighted by Gasteiger charge is 2.25. The van der Waals surface area contributed by atoms with Crippen LogP contribution in [0, 0.1) is 0 Å². The van der Waals surface area contributed by atoms with Gasteiger partial charge in [-0.2, -0.15) is 0 Å². The van der Waals surface area contributed by atoms with E-state index in [4.69, 9.17) is 0 Å². The second kappa shape index (κ2) is 6.23. The van der Waals surface area contributed by atoms with Crippen molar-refractivity contribution in [1.29, 1.82) is 0 Å². The average Bonchev–Trinajstić information content (AvgIpc) is 2.32. The topological polar surface area (TPSA) is 66.4 Å². The fraction of sp³-hybridized carbons (Fsp3) is 0.538. The first kappa shape index (κ1) is 13.5. The first-order chi connectivity index (χ1) is 8.07. The third kappa shape index (κ3) is 3.44. The van der Waals surface area contributed by atoms with Gasteiger partial charge in [0.15, 0.2) is 0 Å². The van der Waals surface area contributed by atoms with Crippen LogP contribution in [-0.4, -0.2) is 23.2 Å². The van der Waals surface area contributed by atoms with Crippen LogP contribution in [0.1, 0.15) is 39.5 Å². The van der Waals surface area contributed by atoms with Crippen LogP contribution in [0.4, 0.5) is 0 Å². The third-order valence-corrected chi connectivity index (χ3v) is 2.80. The summed E-state index contributed by atoms with van der Waals surface area (Å²) in [5.41, 5.74) is 0.483. The molecule has 0 unspecified atom stereocenters. The number of carbonyl (C=O) groups is 2. The summed E-state index contributed by atoms with van der Waals surface area (Å²) in [4.78, 5) is 22.5. The number of aliphatic hydroxyl groups is 1. The molecule has 0 aromatic heterocycles. The summed E-state index contributed by atoms with van der Waals surface area (Å²) in [7, 11) is 0. The van der Waals surface area contributed by atoms with Crippen molar-refractivity contribution in [1.82, 2.24) is 5.32 Å². The number of Topliss-reactive ketones (excluding diaryl/α,β-unsaturated/α-hetero) is 1. The van der Waals surface area contributed by atoms with Gasteiger partial charge in [0.2, 0.25) is 11.6 Å². The Morgan fingerprint density at radius 2 is 1.94 bits per heavy atom. The van der Waals surface area contributed by atoms with Gasteiger partial charge in [0.05, 0.1) is 5.70 Å². The summed E-state index contributed by atoms with van der Waals surface area (Å²) in [6.45, 7) is 4.30. The minimum absolute atomic E-state index is 0.106. The summed E-state index contributed by atoms with van der Waals surface area (Å²) >= 11 is 0. The highest BCUT2D eigenvalue weighted by molar-refractivity contribution is 6.48. The highest BCUT2D eigenvalue weighted by atomic mass is 16.3. The number of unbranched alkanes of at least 4 members (excludes halogenated alkanes) is 3. The van der Waals surface area contributed by atoms with Crippen LogP contribution in [0.25, 0.3) is 0 Å². The fourth-order valence-electron chi connectivity index (χ4n) is 1.67. The summed E-state index contributed by atoms with van der Waals surface area (Å²) in [6.07, 6.45) is 5.62. The lowest BCUT2D eigenvalue weighted by atomic mass is 10.00. The molecule has 0 aromatic carbocycles. The van der Waals surface area contributed by atoms with E-state index in [2.05, 4.69) is 12.2 Å². The Morgan fingerprint density at radius 1 is 1.24 bits per heavy atom. The van der Waals surface area contributed by atoms with Crippen molar-refractivity contribution >= 4 is 11.6 Å². The molecular formula is C13H19NO3. The SMILES string of the molecule is CCCCCCNC1=CC(=O)C(=O)C(C)=C1O. The van der Waals surface area contributed by atoms with Gasteiger partial charge in [-0.25, -0.2) is 0 Å². The largest absolute Gasteiger partial charge is 0.505 e. The van der Waals surface area contributed by atoms with Crippen LogP contribution in [0.2, 0.25) is 0 Å². The van der Waals surface area contributed by atoms with E-state index in [0.29, 0.717) is 12.2 Å². The van der Waals surface area contributed by atoms with Crippen LogP contribution < -0.4 is 5.32 Å². The summed E-state index contributed by atoms with van der Waals surface area (Å²) < 4.78 is 0. The predicted molar refractivity (Wildman–Crippen MR) is 65.6 cm³/mol. The molecule has 1 aliphatic rings. The first-order valence-electron chi connectivity index (χ1n) is 6.02. The van der Waals surface area contributed by atoms with E-state index in [0.717, 1.165) is 12.8 Å². The number of hydrogen-bond donors (Lipinski definition) is 2. The molecule has 0 atom stereocenters. The third-order valence-electron chi connectivity index (χ3n) is 2.80. The second-order valence-electron chi connectivity index (χ2n) is 4.21. The van der Waals surface area contributed by atoms with Gasteiger partial charge in [-0.3, -0.25) is 9.59 Å². The van der Waals surface area contributed by atoms with Crippen molar-refractivity contribution in [3.63, 3.8) is 0 Å². The van der Waals surface area contributed by atoms with Crippen molar-refractivity contribution in [2.24, 2.45) is 0 Å². The molecule has 0 fully saturated rings. The minimum atomic E-state index is -0.626. The zero-order valence-electron chi connectivity index (χ0n) is 10.4. The number of hydrogen-bond acceptors (Lipinski definition) is 4. The average molecular weight is 237 g/mol. The Hall–Kier alpha value is -1.58. The fourth-order valence-corrected chi connectivity index (χ4v) is 1.67. The Balaban J connectivity index is 2.51. The minimum Gasteiger partial charge on any atom is -0.505 e. The summed E-state index contributed by atoms with van der Waals surface area (Å²) in [5, 5.41) is 12.7. The van der Waals surface area contributed by atoms with E-state index in [1.54, 1.807) is 0 Å². The molecule has 0 spiro atoms. The lowest BCUT2D eigenvalue weighted by molar-refractivity contribution is -0.131. The molecule has 94 valence electrons. The molecule has 0 saturated heterocycles. The Kier molecular flexibility index (Phi) is 4.94. The number of carbonyl (C=O) groups excluding carboxylic acids is 2. The maximum atomic E-state index is 11.3. The molecule has 0 radical (unpaired) electrons. The van der Waals surface area contributed by atoms with Gasteiger partial charge < -0.3 is 10.4 Å². The zero-order valence-corrected chi connectivity index (χ0v) is 10.4. The highest BCUT2D eigenvalue weighted by Crippen LogP contribution is 2.16.